The summed E-state index contributed by atoms with van der Waals surface area (Å²) < 4.78 is 0. The molecule has 144 valence electrons. The van der Waals surface area contributed by atoms with Gasteiger partial charge < -0.3 is 26.6 Å². The first-order valence-electron chi connectivity index (χ1n) is 8.14. The second-order valence-corrected chi connectivity index (χ2v) is 6.65. The van der Waals surface area contributed by atoms with Crippen LogP contribution >= 0.6 is 0 Å². The SMILES string of the molecule is CNC(=O)CC(C)(CC(=O)NC)NC(C)(CC(=O)NC)CC(=O)NC. The van der Waals surface area contributed by atoms with Gasteiger partial charge in [-0.15, -0.1) is 0 Å². The fourth-order valence-electron chi connectivity index (χ4n) is 2.80. The van der Waals surface area contributed by atoms with Gasteiger partial charge in [0.1, 0.15) is 0 Å². The minimum absolute atomic E-state index is 0.0218. The van der Waals surface area contributed by atoms with Crippen LogP contribution in [0.15, 0.2) is 0 Å². The van der Waals surface area contributed by atoms with Crippen molar-refractivity contribution >= 4 is 23.6 Å². The normalized spacial score (nSPS) is 11.4. The largest absolute Gasteiger partial charge is 0.359 e. The predicted octanol–water partition coefficient (Wildman–Crippen LogP) is -1.36. The van der Waals surface area contributed by atoms with Crippen molar-refractivity contribution in [1.29, 1.82) is 0 Å². The van der Waals surface area contributed by atoms with Crippen molar-refractivity contribution in [3.8, 4) is 0 Å². The van der Waals surface area contributed by atoms with Crippen LogP contribution in [-0.4, -0.2) is 62.9 Å². The smallest absolute Gasteiger partial charge is 0.221 e. The van der Waals surface area contributed by atoms with Gasteiger partial charge in [-0.1, -0.05) is 0 Å². The first-order valence-corrected chi connectivity index (χ1v) is 8.14. The third-order valence-corrected chi connectivity index (χ3v) is 3.92. The molecule has 0 saturated carbocycles. The van der Waals surface area contributed by atoms with Crippen molar-refractivity contribution in [3.63, 3.8) is 0 Å². The van der Waals surface area contributed by atoms with E-state index in [2.05, 4.69) is 26.6 Å². The molecular weight excluding hydrogens is 326 g/mol. The molecule has 0 aromatic carbocycles. The molecule has 0 aliphatic carbocycles. The molecule has 0 unspecified atom stereocenters. The van der Waals surface area contributed by atoms with E-state index in [9.17, 15) is 19.2 Å². The van der Waals surface area contributed by atoms with E-state index in [4.69, 9.17) is 0 Å². The summed E-state index contributed by atoms with van der Waals surface area (Å²) >= 11 is 0. The zero-order valence-electron chi connectivity index (χ0n) is 16.0. The fraction of sp³-hybridized carbons (Fsp3) is 0.750. The summed E-state index contributed by atoms with van der Waals surface area (Å²) in [5, 5.41) is 13.4. The van der Waals surface area contributed by atoms with Gasteiger partial charge in [0.05, 0.1) is 0 Å². The standard InChI is InChI=1S/C16H31N5O4/c1-15(7-11(22)17-3,8-12(23)18-4)21-16(2,9-13(24)19-5)10-14(25)20-6/h21H,7-10H2,1-6H3,(H,17,22)(H,18,23)(H,19,24)(H,20,25). The quantitative estimate of drug-likeness (QED) is 0.330. The van der Waals surface area contributed by atoms with Crippen LogP contribution < -0.4 is 26.6 Å². The molecule has 9 nitrogen and oxygen atoms in total. The molecule has 5 N–H and O–H groups in total. The molecule has 9 heteroatoms. The van der Waals surface area contributed by atoms with Gasteiger partial charge in [0.2, 0.25) is 23.6 Å². The summed E-state index contributed by atoms with van der Waals surface area (Å²) in [7, 11) is 6.04. The molecule has 0 aromatic rings. The van der Waals surface area contributed by atoms with E-state index >= 15 is 0 Å². The van der Waals surface area contributed by atoms with Crippen LogP contribution in [0.2, 0.25) is 0 Å². The van der Waals surface area contributed by atoms with Gasteiger partial charge in [0.25, 0.3) is 0 Å². The topological polar surface area (TPSA) is 128 Å². The Morgan fingerprint density at radius 3 is 0.920 bits per heavy atom. The molecule has 0 saturated heterocycles. The molecule has 0 spiro atoms. The molecule has 0 radical (unpaired) electrons. The van der Waals surface area contributed by atoms with Crippen molar-refractivity contribution in [2.24, 2.45) is 0 Å². The molecule has 0 bridgehead atoms. The number of amides is 4. The third kappa shape index (κ3) is 8.48. The van der Waals surface area contributed by atoms with Crippen LogP contribution in [-0.2, 0) is 19.2 Å². The van der Waals surface area contributed by atoms with Crippen LogP contribution in [0, 0.1) is 0 Å². The molecule has 0 atom stereocenters. The van der Waals surface area contributed by atoms with E-state index < -0.39 is 11.1 Å². The molecular formula is C16H31N5O4. The lowest BCUT2D eigenvalue weighted by Gasteiger charge is -2.40. The Balaban J connectivity index is 5.60. The van der Waals surface area contributed by atoms with Crippen LogP contribution in [0.1, 0.15) is 39.5 Å². The zero-order chi connectivity index (χ0) is 19.7. The second kappa shape index (κ2) is 9.97. The minimum atomic E-state index is -0.934. The van der Waals surface area contributed by atoms with Gasteiger partial charge in [-0.2, -0.15) is 0 Å². The van der Waals surface area contributed by atoms with E-state index in [0.717, 1.165) is 0 Å². The Labute approximate surface area is 149 Å². The van der Waals surface area contributed by atoms with Crippen molar-refractivity contribution in [2.75, 3.05) is 28.2 Å². The molecule has 0 heterocycles. The van der Waals surface area contributed by atoms with Gasteiger partial charge in [0.15, 0.2) is 0 Å². The summed E-state index contributed by atoms with van der Waals surface area (Å²) in [4.78, 5) is 47.6. The highest BCUT2D eigenvalue weighted by molar-refractivity contribution is 5.82. The number of nitrogens with one attached hydrogen (secondary N) is 5. The maximum absolute atomic E-state index is 11.9. The monoisotopic (exact) mass is 357 g/mol. The van der Waals surface area contributed by atoms with Crippen molar-refractivity contribution in [3.05, 3.63) is 0 Å². The average Bonchev–Trinajstić information content (AvgIpc) is 2.52. The van der Waals surface area contributed by atoms with Crippen LogP contribution in [0.4, 0.5) is 0 Å². The van der Waals surface area contributed by atoms with Crippen molar-refractivity contribution in [1.82, 2.24) is 26.6 Å². The van der Waals surface area contributed by atoms with E-state index in [0.29, 0.717) is 0 Å². The number of hydrogen-bond donors (Lipinski definition) is 5. The molecule has 4 amide bonds. The Kier molecular flexibility index (Phi) is 9.11. The molecule has 0 rings (SSSR count). The van der Waals surface area contributed by atoms with E-state index in [1.165, 1.54) is 28.2 Å². The summed E-state index contributed by atoms with van der Waals surface area (Å²) in [5.41, 5.74) is -1.87. The molecule has 0 fully saturated rings. The maximum Gasteiger partial charge on any atom is 0.221 e. The van der Waals surface area contributed by atoms with Crippen LogP contribution in [0.3, 0.4) is 0 Å². The first kappa shape index (κ1) is 22.8. The highest BCUT2D eigenvalue weighted by atomic mass is 16.2. The van der Waals surface area contributed by atoms with Gasteiger partial charge in [-0.25, -0.2) is 0 Å². The van der Waals surface area contributed by atoms with Crippen LogP contribution in [0.25, 0.3) is 0 Å². The van der Waals surface area contributed by atoms with E-state index in [-0.39, 0.29) is 49.3 Å². The Morgan fingerprint density at radius 1 is 0.560 bits per heavy atom. The third-order valence-electron chi connectivity index (χ3n) is 3.92. The summed E-state index contributed by atoms with van der Waals surface area (Å²) in [6.45, 7) is 3.45. The van der Waals surface area contributed by atoms with Gasteiger partial charge in [-0.05, 0) is 13.8 Å². The lowest BCUT2D eigenvalue weighted by Crippen LogP contribution is -2.60. The van der Waals surface area contributed by atoms with E-state index in [1.807, 2.05) is 0 Å². The summed E-state index contributed by atoms with van der Waals surface area (Å²) in [6, 6.07) is 0. The number of carbonyl (C=O) groups excluding carboxylic acids is 4. The highest BCUT2D eigenvalue weighted by Gasteiger charge is 2.39. The van der Waals surface area contributed by atoms with Gasteiger partial charge >= 0.3 is 0 Å². The predicted molar refractivity (Wildman–Crippen MR) is 94.7 cm³/mol. The molecule has 25 heavy (non-hydrogen) atoms. The zero-order valence-corrected chi connectivity index (χ0v) is 16.0. The Hall–Kier alpha value is -2.16. The van der Waals surface area contributed by atoms with Gasteiger partial charge in [-0.3, -0.25) is 19.2 Å². The molecule has 0 aliphatic rings. The van der Waals surface area contributed by atoms with E-state index in [1.54, 1.807) is 13.8 Å². The lowest BCUT2D eigenvalue weighted by atomic mass is 9.84. The van der Waals surface area contributed by atoms with Crippen LogP contribution in [0.5, 0.6) is 0 Å². The number of carbonyl (C=O) groups is 4. The Bertz CT molecular complexity index is 427. The van der Waals surface area contributed by atoms with Crippen molar-refractivity contribution in [2.45, 2.75) is 50.6 Å². The Morgan fingerprint density at radius 2 is 0.760 bits per heavy atom. The maximum atomic E-state index is 11.9. The lowest BCUT2D eigenvalue weighted by molar-refractivity contribution is -0.125. The average molecular weight is 357 g/mol. The summed E-state index contributed by atoms with van der Waals surface area (Å²) in [5.74, 6) is -0.996. The number of rotatable bonds is 10. The summed E-state index contributed by atoms with van der Waals surface area (Å²) in [6.07, 6.45) is 0.0873. The highest BCUT2D eigenvalue weighted by Crippen LogP contribution is 2.24. The van der Waals surface area contributed by atoms with Crippen molar-refractivity contribution < 1.29 is 19.2 Å². The number of hydrogen-bond acceptors (Lipinski definition) is 5. The second-order valence-electron chi connectivity index (χ2n) is 6.65. The molecule has 0 aliphatic heterocycles. The first-order chi connectivity index (χ1) is 11.5. The fourth-order valence-corrected chi connectivity index (χ4v) is 2.80. The van der Waals surface area contributed by atoms with Gasteiger partial charge in [0, 0.05) is 65.0 Å². The minimum Gasteiger partial charge on any atom is -0.359 e. The molecule has 0 aromatic heterocycles.